The van der Waals surface area contributed by atoms with Crippen LogP contribution in [0.25, 0.3) is 0 Å². The third-order valence-electron chi connectivity index (χ3n) is 2.38. The molecule has 116 valence electrons. The molecule has 0 unspecified atom stereocenters. The van der Waals surface area contributed by atoms with Gasteiger partial charge in [-0.15, -0.1) is 0 Å². The van der Waals surface area contributed by atoms with Crippen LogP contribution >= 0.6 is 17.1 Å². The molecule has 0 saturated heterocycles. The number of rotatable bonds is 12. The van der Waals surface area contributed by atoms with E-state index in [1.54, 1.807) is 11.4 Å². The molecule has 19 heavy (non-hydrogen) atoms. The van der Waals surface area contributed by atoms with Crippen LogP contribution in [0.1, 0.15) is 60.3 Å². The highest BCUT2D eigenvalue weighted by atomic mass is 32.9. The third-order valence-corrected chi connectivity index (χ3v) is 7.81. The molecule has 0 N–H and O–H groups in total. The molecular formula is C14H31O2PS2. The lowest BCUT2D eigenvalue weighted by Gasteiger charge is -2.23. The van der Waals surface area contributed by atoms with E-state index in [1.807, 2.05) is 0 Å². The monoisotopic (exact) mass is 326 g/mol. The van der Waals surface area contributed by atoms with Gasteiger partial charge in [0.05, 0.1) is 13.2 Å². The summed E-state index contributed by atoms with van der Waals surface area (Å²) in [7, 11) is 0. The zero-order valence-electron chi connectivity index (χ0n) is 13.2. The van der Waals surface area contributed by atoms with Crippen molar-refractivity contribution in [1.29, 1.82) is 0 Å². The zero-order chi connectivity index (χ0) is 14.7. The average molecular weight is 327 g/mol. The normalized spacial score (nSPS) is 12.6. The first-order chi connectivity index (χ1) is 8.89. The maximum atomic E-state index is 5.91. The van der Waals surface area contributed by atoms with Crippen molar-refractivity contribution in [3.63, 3.8) is 0 Å². The summed E-state index contributed by atoms with van der Waals surface area (Å²) in [6.07, 6.45) is 5.08. The molecule has 0 rings (SSSR count). The summed E-state index contributed by atoms with van der Waals surface area (Å²) in [6.45, 7) is 12.2. The van der Waals surface area contributed by atoms with Crippen LogP contribution in [0.3, 0.4) is 0 Å². The van der Waals surface area contributed by atoms with Crippen molar-refractivity contribution in [1.82, 2.24) is 0 Å². The lowest BCUT2D eigenvalue weighted by atomic mass is 10.2. The Labute approximate surface area is 129 Å². The lowest BCUT2D eigenvalue weighted by molar-refractivity contribution is 0.218. The van der Waals surface area contributed by atoms with E-state index < -0.39 is 5.69 Å². The van der Waals surface area contributed by atoms with Crippen molar-refractivity contribution >= 4 is 28.9 Å². The fourth-order valence-electron chi connectivity index (χ4n) is 1.30. The van der Waals surface area contributed by atoms with Gasteiger partial charge in [0.15, 0.2) is 0 Å². The first kappa shape index (κ1) is 19.9. The lowest BCUT2D eigenvalue weighted by Crippen LogP contribution is -2.05. The molecule has 0 aromatic carbocycles. The molecule has 0 saturated carbocycles. The van der Waals surface area contributed by atoms with Crippen LogP contribution in [0.15, 0.2) is 0 Å². The van der Waals surface area contributed by atoms with E-state index in [4.69, 9.17) is 20.9 Å². The van der Waals surface area contributed by atoms with Crippen LogP contribution in [-0.2, 0) is 20.9 Å². The fraction of sp³-hybridized carbons (Fsp3) is 1.00. The average Bonchev–Trinajstić information content (AvgIpc) is 2.34. The Bertz CT molecular complexity index is 242. The highest BCUT2D eigenvalue weighted by Crippen LogP contribution is 2.61. The Kier molecular flexibility index (Phi) is 12.1. The van der Waals surface area contributed by atoms with Crippen molar-refractivity contribution < 1.29 is 9.05 Å². The van der Waals surface area contributed by atoms with Gasteiger partial charge in [0, 0.05) is 5.75 Å². The highest BCUT2D eigenvalue weighted by Gasteiger charge is 2.21. The zero-order valence-corrected chi connectivity index (χ0v) is 15.7. The van der Waals surface area contributed by atoms with Gasteiger partial charge in [-0.2, -0.15) is 0 Å². The second-order valence-corrected chi connectivity index (χ2v) is 12.1. The number of hydrogen-bond acceptors (Lipinski definition) is 4. The summed E-state index contributed by atoms with van der Waals surface area (Å²) in [5, 5.41) is 0. The summed E-state index contributed by atoms with van der Waals surface area (Å²) in [4.78, 5) is 0. The SMILES string of the molecule is CCCCCCSP(=S)(OCC(C)C)OCC(C)C. The van der Waals surface area contributed by atoms with E-state index in [0.717, 1.165) is 5.75 Å². The van der Waals surface area contributed by atoms with Crippen molar-refractivity contribution in [2.45, 2.75) is 60.3 Å². The van der Waals surface area contributed by atoms with Gasteiger partial charge < -0.3 is 9.05 Å². The fourth-order valence-corrected chi connectivity index (χ4v) is 5.95. The minimum atomic E-state index is -2.13. The van der Waals surface area contributed by atoms with E-state index in [-0.39, 0.29) is 0 Å². The molecule has 0 bridgehead atoms. The highest BCUT2D eigenvalue weighted by molar-refractivity contribution is 8.67. The second-order valence-electron chi connectivity index (χ2n) is 5.72. The van der Waals surface area contributed by atoms with Gasteiger partial charge in [-0.1, -0.05) is 65.3 Å². The predicted molar refractivity (Wildman–Crippen MR) is 92.5 cm³/mol. The molecule has 0 atom stereocenters. The van der Waals surface area contributed by atoms with Gasteiger partial charge in [0.25, 0.3) is 0 Å². The van der Waals surface area contributed by atoms with E-state index in [2.05, 4.69) is 34.6 Å². The second kappa shape index (κ2) is 11.6. The van der Waals surface area contributed by atoms with Crippen LogP contribution in [0.5, 0.6) is 0 Å². The summed E-state index contributed by atoms with van der Waals surface area (Å²) in [5.41, 5.74) is -2.13. The first-order valence-electron chi connectivity index (χ1n) is 7.43. The minimum Gasteiger partial charge on any atom is -0.321 e. The molecule has 0 fully saturated rings. The van der Waals surface area contributed by atoms with Crippen LogP contribution in [0, 0.1) is 11.8 Å². The number of unbranched alkanes of at least 4 members (excludes halogenated alkanes) is 3. The van der Waals surface area contributed by atoms with Crippen LogP contribution in [0.4, 0.5) is 0 Å². The maximum Gasteiger partial charge on any atom is 0.247 e. The Balaban J connectivity index is 4.12. The topological polar surface area (TPSA) is 18.5 Å². The Morgan fingerprint density at radius 3 is 1.89 bits per heavy atom. The van der Waals surface area contributed by atoms with Crippen molar-refractivity contribution in [3.05, 3.63) is 0 Å². The van der Waals surface area contributed by atoms with Gasteiger partial charge in [-0.3, -0.25) is 0 Å². The van der Waals surface area contributed by atoms with Gasteiger partial charge in [0.2, 0.25) is 5.69 Å². The van der Waals surface area contributed by atoms with E-state index in [1.165, 1.54) is 25.7 Å². The van der Waals surface area contributed by atoms with Gasteiger partial charge in [-0.25, -0.2) is 0 Å². The van der Waals surface area contributed by atoms with Gasteiger partial charge in [-0.05, 0) is 30.1 Å². The number of hydrogen-bond donors (Lipinski definition) is 0. The van der Waals surface area contributed by atoms with E-state index in [0.29, 0.717) is 25.0 Å². The Morgan fingerprint density at radius 2 is 1.47 bits per heavy atom. The first-order valence-corrected chi connectivity index (χ1v) is 11.7. The molecule has 0 amide bonds. The van der Waals surface area contributed by atoms with Crippen LogP contribution in [0.2, 0.25) is 0 Å². The Morgan fingerprint density at radius 1 is 0.947 bits per heavy atom. The third kappa shape index (κ3) is 12.4. The van der Waals surface area contributed by atoms with E-state index in [9.17, 15) is 0 Å². The molecule has 0 aromatic rings. The maximum absolute atomic E-state index is 5.91. The molecule has 0 aliphatic rings. The Hall–Kier alpha value is 0.920. The molecule has 0 heterocycles. The minimum absolute atomic E-state index is 0.505. The summed E-state index contributed by atoms with van der Waals surface area (Å²) >= 11 is 7.39. The standard InChI is InChI=1S/C14H31O2PS2/c1-6-7-8-9-10-19-17(18,15-11-13(2)3)16-12-14(4)5/h13-14H,6-12H2,1-5H3. The van der Waals surface area contributed by atoms with Crippen molar-refractivity contribution in [3.8, 4) is 0 Å². The molecule has 5 heteroatoms. The molecule has 0 radical (unpaired) electrons. The van der Waals surface area contributed by atoms with Gasteiger partial charge in [0.1, 0.15) is 0 Å². The summed E-state index contributed by atoms with van der Waals surface area (Å²) in [6, 6.07) is 0. The van der Waals surface area contributed by atoms with E-state index >= 15 is 0 Å². The quantitative estimate of drug-likeness (QED) is 0.330. The van der Waals surface area contributed by atoms with Crippen molar-refractivity contribution in [2.24, 2.45) is 11.8 Å². The molecular weight excluding hydrogens is 295 g/mol. The van der Waals surface area contributed by atoms with Crippen LogP contribution < -0.4 is 0 Å². The molecule has 0 aliphatic heterocycles. The van der Waals surface area contributed by atoms with Crippen LogP contribution in [-0.4, -0.2) is 19.0 Å². The summed E-state index contributed by atoms with van der Waals surface area (Å²) < 4.78 is 11.8. The smallest absolute Gasteiger partial charge is 0.247 e. The predicted octanol–water partition coefficient (Wildman–Crippen LogP) is 5.87. The molecule has 0 aliphatic carbocycles. The molecule has 2 nitrogen and oxygen atoms in total. The molecule has 0 aromatic heterocycles. The van der Waals surface area contributed by atoms with Crippen molar-refractivity contribution in [2.75, 3.05) is 19.0 Å². The summed E-state index contributed by atoms with van der Waals surface area (Å²) in [5.74, 6) is 2.07. The molecule has 0 spiro atoms. The van der Waals surface area contributed by atoms with Gasteiger partial charge >= 0.3 is 0 Å². The largest absolute Gasteiger partial charge is 0.321 e.